The van der Waals surface area contributed by atoms with E-state index in [1.807, 2.05) is 0 Å². The van der Waals surface area contributed by atoms with Crippen molar-refractivity contribution < 1.29 is 4.79 Å². The number of H-pyrrole nitrogens is 1. The highest BCUT2D eigenvalue weighted by molar-refractivity contribution is 5.93. The van der Waals surface area contributed by atoms with Crippen LogP contribution in [0, 0.1) is 5.92 Å². The summed E-state index contributed by atoms with van der Waals surface area (Å²) in [4.78, 5) is 39.6. The van der Waals surface area contributed by atoms with E-state index in [-0.39, 0.29) is 11.1 Å². The first-order valence-corrected chi connectivity index (χ1v) is 7.51. The Morgan fingerprint density at radius 1 is 1.41 bits per heavy atom. The first-order valence-electron chi connectivity index (χ1n) is 7.51. The lowest BCUT2D eigenvalue weighted by atomic mass is 10.1. The SMILES string of the molecule is Cn1cc(C(=O)NC[C@@H]2CCN(C(C)(C)C)C2)c(=O)[nH]c1=O. The van der Waals surface area contributed by atoms with Gasteiger partial charge in [-0.1, -0.05) is 0 Å². The number of amides is 1. The number of nitrogens with one attached hydrogen (secondary N) is 2. The fourth-order valence-corrected chi connectivity index (χ4v) is 2.67. The van der Waals surface area contributed by atoms with Crippen LogP contribution in [0.25, 0.3) is 0 Å². The molecule has 0 spiro atoms. The number of hydrogen-bond acceptors (Lipinski definition) is 4. The molecule has 2 rings (SSSR count). The highest BCUT2D eigenvalue weighted by atomic mass is 16.2. The number of carbonyl (C=O) groups excluding carboxylic acids is 1. The minimum atomic E-state index is -0.650. The Balaban J connectivity index is 1.96. The number of hydrogen-bond donors (Lipinski definition) is 2. The maximum absolute atomic E-state index is 12.1. The van der Waals surface area contributed by atoms with E-state index in [1.54, 1.807) is 0 Å². The van der Waals surface area contributed by atoms with Crippen LogP contribution in [0.15, 0.2) is 15.8 Å². The van der Waals surface area contributed by atoms with Crippen LogP contribution in [-0.4, -0.2) is 45.5 Å². The Morgan fingerprint density at radius 3 is 2.68 bits per heavy atom. The van der Waals surface area contributed by atoms with Gasteiger partial charge in [0.1, 0.15) is 5.56 Å². The molecule has 1 aliphatic rings. The quantitative estimate of drug-likeness (QED) is 0.818. The summed E-state index contributed by atoms with van der Waals surface area (Å²) in [5, 5.41) is 2.80. The van der Waals surface area contributed by atoms with Crippen LogP contribution in [0.4, 0.5) is 0 Å². The Bertz CT molecular complexity index is 669. The molecule has 1 aliphatic heterocycles. The van der Waals surface area contributed by atoms with Crippen LogP contribution in [-0.2, 0) is 7.05 Å². The van der Waals surface area contributed by atoms with Gasteiger partial charge in [-0.25, -0.2) is 4.79 Å². The van der Waals surface area contributed by atoms with Crippen LogP contribution < -0.4 is 16.6 Å². The van der Waals surface area contributed by atoms with Crippen LogP contribution in [0.3, 0.4) is 0 Å². The number of aromatic nitrogens is 2. The van der Waals surface area contributed by atoms with E-state index in [4.69, 9.17) is 0 Å². The second-order valence-corrected chi connectivity index (χ2v) is 6.89. The van der Waals surface area contributed by atoms with Crippen LogP contribution >= 0.6 is 0 Å². The molecule has 2 N–H and O–H groups in total. The summed E-state index contributed by atoms with van der Waals surface area (Å²) < 4.78 is 1.19. The molecule has 0 aliphatic carbocycles. The van der Waals surface area contributed by atoms with Crippen molar-refractivity contribution in [1.82, 2.24) is 19.8 Å². The summed E-state index contributed by atoms with van der Waals surface area (Å²) in [6.45, 7) is 9.03. The third kappa shape index (κ3) is 3.65. The monoisotopic (exact) mass is 308 g/mol. The average Bonchev–Trinajstić information content (AvgIpc) is 2.89. The molecule has 0 bridgehead atoms. The van der Waals surface area contributed by atoms with E-state index < -0.39 is 17.2 Å². The molecule has 1 saturated heterocycles. The van der Waals surface area contributed by atoms with E-state index in [1.165, 1.54) is 17.8 Å². The summed E-state index contributed by atoms with van der Waals surface area (Å²) in [6, 6.07) is 0. The summed E-state index contributed by atoms with van der Waals surface area (Å²) in [5.74, 6) is -0.0548. The van der Waals surface area contributed by atoms with E-state index in [2.05, 4.69) is 36.0 Å². The van der Waals surface area contributed by atoms with Gasteiger partial charge in [0.25, 0.3) is 11.5 Å². The molecule has 22 heavy (non-hydrogen) atoms. The van der Waals surface area contributed by atoms with Gasteiger partial charge in [0.05, 0.1) is 0 Å². The van der Waals surface area contributed by atoms with E-state index in [0.717, 1.165) is 19.5 Å². The predicted molar refractivity (Wildman–Crippen MR) is 84.1 cm³/mol. The first-order chi connectivity index (χ1) is 10.2. The van der Waals surface area contributed by atoms with Crippen molar-refractivity contribution in [1.29, 1.82) is 0 Å². The second-order valence-electron chi connectivity index (χ2n) is 6.89. The number of likely N-dealkylation sites (tertiary alicyclic amines) is 1. The van der Waals surface area contributed by atoms with Gasteiger partial charge >= 0.3 is 5.69 Å². The standard InChI is InChI=1S/C15H24N4O3/c1-15(2,3)19-6-5-10(8-19)7-16-12(20)11-9-18(4)14(22)17-13(11)21/h9-10H,5-8H2,1-4H3,(H,16,20)(H,17,21,22)/t10-/m0/s1. The van der Waals surface area contributed by atoms with Gasteiger partial charge in [-0.3, -0.25) is 19.5 Å². The summed E-state index contributed by atoms with van der Waals surface area (Å²) in [7, 11) is 1.49. The summed E-state index contributed by atoms with van der Waals surface area (Å²) in [6.07, 6.45) is 2.30. The van der Waals surface area contributed by atoms with E-state index in [0.29, 0.717) is 12.5 Å². The smallest absolute Gasteiger partial charge is 0.328 e. The molecule has 2 heterocycles. The molecular weight excluding hydrogens is 284 g/mol. The van der Waals surface area contributed by atoms with Gasteiger partial charge in [-0.2, -0.15) is 0 Å². The lowest BCUT2D eigenvalue weighted by Crippen LogP contribution is -2.41. The minimum Gasteiger partial charge on any atom is -0.351 e. The third-order valence-corrected chi connectivity index (χ3v) is 4.14. The fraction of sp³-hybridized carbons (Fsp3) is 0.667. The Morgan fingerprint density at radius 2 is 2.09 bits per heavy atom. The number of aromatic amines is 1. The van der Waals surface area contributed by atoms with Crippen molar-refractivity contribution in [3.8, 4) is 0 Å². The Hall–Kier alpha value is -1.89. The highest BCUT2D eigenvalue weighted by Crippen LogP contribution is 2.23. The average molecular weight is 308 g/mol. The van der Waals surface area contributed by atoms with Gasteiger partial charge in [-0.15, -0.1) is 0 Å². The molecule has 1 atom stereocenters. The van der Waals surface area contributed by atoms with Gasteiger partial charge in [0.2, 0.25) is 0 Å². The lowest BCUT2D eigenvalue weighted by molar-refractivity contribution is 0.0943. The van der Waals surface area contributed by atoms with E-state index in [9.17, 15) is 14.4 Å². The molecule has 122 valence electrons. The van der Waals surface area contributed by atoms with Gasteiger partial charge in [0.15, 0.2) is 0 Å². The molecule has 1 fully saturated rings. The number of nitrogens with zero attached hydrogens (tertiary/aromatic N) is 2. The van der Waals surface area contributed by atoms with Crippen LogP contribution in [0.1, 0.15) is 37.6 Å². The number of carbonyl (C=O) groups is 1. The Labute approximate surface area is 129 Å². The van der Waals surface area contributed by atoms with Gasteiger partial charge in [0, 0.05) is 31.9 Å². The molecule has 1 aromatic heterocycles. The largest absolute Gasteiger partial charge is 0.351 e. The second kappa shape index (κ2) is 6.08. The third-order valence-electron chi connectivity index (χ3n) is 4.14. The number of rotatable bonds is 3. The predicted octanol–water partition coefficient (Wildman–Crippen LogP) is -0.0762. The summed E-state index contributed by atoms with van der Waals surface area (Å²) in [5.41, 5.74) is -1.08. The van der Waals surface area contributed by atoms with Crippen LogP contribution in [0.2, 0.25) is 0 Å². The maximum Gasteiger partial charge on any atom is 0.328 e. The molecule has 7 nitrogen and oxygen atoms in total. The van der Waals surface area contributed by atoms with Crippen molar-refractivity contribution in [2.75, 3.05) is 19.6 Å². The van der Waals surface area contributed by atoms with Crippen LogP contribution in [0.5, 0.6) is 0 Å². The zero-order valence-corrected chi connectivity index (χ0v) is 13.6. The van der Waals surface area contributed by atoms with E-state index >= 15 is 0 Å². The molecule has 0 saturated carbocycles. The fourth-order valence-electron chi connectivity index (χ4n) is 2.67. The van der Waals surface area contributed by atoms with Crippen molar-refractivity contribution in [2.45, 2.75) is 32.7 Å². The summed E-state index contributed by atoms with van der Waals surface area (Å²) >= 11 is 0. The normalized spacial score (nSPS) is 19.4. The highest BCUT2D eigenvalue weighted by Gasteiger charge is 2.30. The zero-order chi connectivity index (χ0) is 16.5. The number of aryl methyl sites for hydroxylation is 1. The van der Waals surface area contributed by atoms with Crippen molar-refractivity contribution in [3.05, 3.63) is 32.6 Å². The molecule has 0 aromatic carbocycles. The maximum atomic E-state index is 12.1. The first kappa shape index (κ1) is 16.5. The molecule has 1 aromatic rings. The van der Waals surface area contributed by atoms with Gasteiger partial charge in [-0.05, 0) is 39.7 Å². The minimum absolute atomic E-state index is 0.0345. The van der Waals surface area contributed by atoms with Crippen molar-refractivity contribution >= 4 is 5.91 Å². The Kier molecular flexibility index (Phi) is 4.55. The molecule has 0 radical (unpaired) electrons. The topological polar surface area (TPSA) is 87.2 Å². The zero-order valence-electron chi connectivity index (χ0n) is 13.6. The molecule has 1 amide bonds. The molecule has 0 unspecified atom stereocenters. The molecular formula is C15H24N4O3. The van der Waals surface area contributed by atoms with Crippen molar-refractivity contribution in [3.63, 3.8) is 0 Å². The van der Waals surface area contributed by atoms with Gasteiger partial charge < -0.3 is 9.88 Å². The van der Waals surface area contributed by atoms with Crippen molar-refractivity contribution in [2.24, 2.45) is 13.0 Å². The lowest BCUT2D eigenvalue weighted by Gasteiger charge is -2.31. The molecule has 7 heteroatoms.